The highest BCUT2D eigenvalue weighted by Gasteiger charge is 2.17. The van der Waals surface area contributed by atoms with E-state index in [1.807, 2.05) is 0 Å². The monoisotopic (exact) mass is 744 g/mol. The summed E-state index contributed by atoms with van der Waals surface area (Å²) in [5.41, 5.74) is 12.4. The largest absolute Gasteiger partial charge is 0.310 e. The Hall–Kier alpha value is -7.34. The van der Waals surface area contributed by atoms with Gasteiger partial charge in [-0.1, -0.05) is 153 Å². The van der Waals surface area contributed by atoms with E-state index >= 15 is 0 Å². The van der Waals surface area contributed by atoms with Crippen molar-refractivity contribution in [1.82, 2.24) is 0 Å². The zero-order valence-electron chi connectivity index (χ0n) is 32.7. The lowest BCUT2D eigenvalue weighted by Gasteiger charge is -2.27. The highest BCUT2D eigenvalue weighted by Crippen LogP contribution is 2.41. The summed E-state index contributed by atoms with van der Waals surface area (Å²) in [4.78, 5) is 4.70. The lowest BCUT2D eigenvalue weighted by Crippen LogP contribution is -2.10. The van der Waals surface area contributed by atoms with E-state index < -0.39 is 0 Å². The molecule has 0 spiro atoms. The summed E-state index contributed by atoms with van der Waals surface area (Å²) in [7, 11) is 0. The molecule has 0 aliphatic rings. The van der Waals surface area contributed by atoms with E-state index in [-0.39, 0.29) is 0 Å². The van der Waals surface area contributed by atoms with E-state index in [4.69, 9.17) is 0 Å². The Labute approximate surface area is 342 Å². The molecule has 0 aliphatic heterocycles. The van der Waals surface area contributed by atoms with Gasteiger partial charge in [0.1, 0.15) is 0 Å². The van der Waals surface area contributed by atoms with E-state index in [1.54, 1.807) is 0 Å². The van der Waals surface area contributed by atoms with Crippen molar-refractivity contribution >= 4 is 55.7 Å². The van der Waals surface area contributed by atoms with E-state index in [2.05, 4.69) is 241 Å². The zero-order chi connectivity index (χ0) is 39.1. The first-order chi connectivity index (χ1) is 28.7. The maximum absolute atomic E-state index is 3.39. The van der Waals surface area contributed by atoms with Gasteiger partial charge in [-0.3, -0.25) is 0 Å². The normalized spacial score (nSPS) is 10.9. The van der Waals surface area contributed by atoms with Gasteiger partial charge >= 0.3 is 0 Å². The fourth-order valence-electron chi connectivity index (χ4n) is 7.82. The molecule has 2 heteroatoms. The van der Waals surface area contributed by atoms with E-state index in [0.29, 0.717) is 0 Å². The molecule has 2 nitrogen and oxygen atoms in total. The van der Waals surface area contributed by atoms with Crippen molar-refractivity contribution in [3.05, 3.63) is 229 Å². The van der Waals surface area contributed by atoms with Crippen molar-refractivity contribution in [2.24, 2.45) is 0 Å². The van der Waals surface area contributed by atoms with Crippen LogP contribution in [0.15, 0.2) is 212 Å². The summed E-state index contributed by atoms with van der Waals surface area (Å²) in [6.45, 7) is 2.23. The number of aryl methyl sites for hydroxylation is 1. The van der Waals surface area contributed by atoms with Crippen LogP contribution >= 0.6 is 0 Å². The molecule has 0 saturated heterocycles. The van der Waals surface area contributed by atoms with Crippen LogP contribution < -0.4 is 9.80 Å². The van der Waals surface area contributed by atoms with Crippen LogP contribution in [0.2, 0.25) is 0 Å². The number of unbranched alkanes of at least 4 members (excludes halogenated alkanes) is 1. The second-order valence-electron chi connectivity index (χ2n) is 14.7. The SMILES string of the molecule is CCCCc1ccc(C#Cc2ccc(N(c3ccc(-c4ccc(N(c5ccccc5)c5cccc6ccccc56)cc4)cc3)c3cccc4ccccc34)cc2)cc1. The average Bonchev–Trinajstić information content (AvgIpc) is 3.29. The Morgan fingerprint density at radius 1 is 0.362 bits per heavy atom. The minimum absolute atomic E-state index is 0.988. The summed E-state index contributed by atoms with van der Waals surface area (Å²) in [5.74, 6) is 6.76. The summed E-state index contributed by atoms with van der Waals surface area (Å²) in [6.07, 6.45) is 3.54. The molecule has 0 atom stereocenters. The molecule has 0 bridgehead atoms. The molecule has 0 N–H and O–H groups in total. The van der Waals surface area contributed by atoms with Crippen molar-refractivity contribution in [1.29, 1.82) is 0 Å². The standard InChI is InChI=1S/C56H44N2/c1-2-3-13-42-24-26-43(27-25-42)28-29-44-30-36-50(37-31-44)58(56-23-12-17-48-15-8-10-21-54(48)56)52-40-34-46(35-41-52)45-32-38-51(39-33-45)57(49-18-5-4-6-19-49)55-22-11-16-47-14-7-9-20-53(47)55/h4-12,14-27,30-41H,2-3,13H2,1H3. The van der Waals surface area contributed by atoms with E-state index in [9.17, 15) is 0 Å². The summed E-state index contributed by atoms with van der Waals surface area (Å²) in [6, 6.07) is 76.0. The molecular weight excluding hydrogens is 701 g/mol. The Bertz CT molecular complexity index is 2840. The molecule has 9 aromatic rings. The summed E-state index contributed by atoms with van der Waals surface area (Å²) >= 11 is 0. The maximum atomic E-state index is 3.39. The molecule has 0 heterocycles. The number of fused-ring (bicyclic) bond motifs is 2. The number of nitrogens with zero attached hydrogens (tertiary/aromatic N) is 2. The Balaban J connectivity index is 1.02. The molecule has 58 heavy (non-hydrogen) atoms. The first-order valence-electron chi connectivity index (χ1n) is 20.2. The molecule has 9 rings (SSSR count). The maximum Gasteiger partial charge on any atom is 0.0540 e. The summed E-state index contributed by atoms with van der Waals surface area (Å²) in [5, 5.41) is 4.84. The average molecular weight is 745 g/mol. The Morgan fingerprint density at radius 2 is 0.759 bits per heavy atom. The van der Waals surface area contributed by atoms with Crippen LogP contribution in [0, 0.1) is 11.8 Å². The number of anilines is 6. The van der Waals surface area contributed by atoms with Crippen LogP contribution in [0.3, 0.4) is 0 Å². The second-order valence-corrected chi connectivity index (χ2v) is 14.7. The van der Waals surface area contributed by atoms with Crippen molar-refractivity contribution in [2.45, 2.75) is 26.2 Å². The topological polar surface area (TPSA) is 6.48 Å². The van der Waals surface area contributed by atoms with Gasteiger partial charge in [0.25, 0.3) is 0 Å². The fourth-order valence-corrected chi connectivity index (χ4v) is 7.82. The fraction of sp³-hybridized carbons (Fsp3) is 0.0714. The highest BCUT2D eigenvalue weighted by molar-refractivity contribution is 6.00. The van der Waals surface area contributed by atoms with Gasteiger partial charge < -0.3 is 9.80 Å². The Morgan fingerprint density at radius 3 is 1.24 bits per heavy atom. The van der Waals surface area contributed by atoms with Gasteiger partial charge in [0.2, 0.25) is 0 Å². The van der Waals surface area contributed by atoms with Crippen molar-refractivity contribution in [3.63, 3.8) is 0 Å². The molecular formula is C56H44N2. The van der Waals surface area contributed by atoms with Crippen molar-refractivity contribution in [2.75, 3.05) is 9.80 Å². The molecule has 0 amide bonds. The van der Waals surface area contributed by atoms with Gasteiger partial charge in [-0.2, -0.15) is 0 Å². The first-order valence-corrected chi connectivity index (χ1v) is 20.2. The molecule has 0 unspecified atom stereocenters. The van der Waals surface area contributed by atoms with Gasteiger partial charge in [-0.25, -0.2) is 0 Å². The molecule has 0 radical (unpaired) electrons. The molecule has 0 aliphatic carbocycles. The van der Waals surface area contributed by atoms with Crippen LogP contribution in [0.1, 0.15) is 36.5 Å². The number of benzene rings is 9. The predicted molar refractivity (Wildman–Crippen MR) is 247 cm³/mol. The first kappa shape index (κ1) is 36.3. The lowest BCUT2D eigenvalue weighted by molar-refractivity contribution is 0.795. The molecule has 0 aromatic heterocycles. The number of hydrogen-bond acceptors (Lipinski definition) is 2. The molecule has 9 aromatic carbocycles. The molecule has 0 saturated carbocycles. The van der Waals surface area contributed by atoms with E-state index in [1.165, 1.54) is 39.9 Å². The van der Waals surface area contributed by atoms with Crippen LogP contribution in [0.25, 0.3) is 32.7 Å². The Kier molecular flexibility index (Phi) is 10.5. The van der Waals surface area contributed by atoms with Crippen LogP contribution in [0.5, 0.6) is 0 Å². The van der Waals surface area contributed by atoms with Crippen LogP contribution in [0.4, 0.5) is 34.1 Å². The molecule has 278 valence electrons. The van der Waals surface area contributed by atoms with Gasteiger partial charge in [-0.15, -0.1) is 0 Å². The predicted octanol–water partition coefficient (Wildman–Crippen LogP) is 15.3. The molecule has 0 fully saturated rings. The van der Waals surface area contributed by atoms with E-state index in [0.717, 1.165) is 62.8 Å². The van der Waals surface area contributed by atoms with Gasteiger partial charge in [0.05, 0.1) is 11.4 Å². The highest BCUT2D eigenvalue weighted by atomic mass is 15.1. The third-order valence-corrected chi connectivity index (χ3v) is 10.9. The zero-order valence-corrected chi connectivity index (χ0v) is 32.7. The van der Waals surface area contributed by atoms with Gasteiger partial charge in [0, 0.05) is 44.6 Å². The smallest absolute Gasteiger partial charge is 0.0540 e. The van der Waals surface area contributed by atoms with Crippen LogP contribution in [-0.4, -0.2) is 0 Å². The second kappa shape index (κ2) is 16.8. The number of rotatable bonds is 10. The van der Waals surface area contributed by atoms with Crippen LogP contribution in [-0.2, 0) is 6.42 Å². The minimum Gasteiger partial charge on any atom is -0.310 e. The quantitative estimate of drug-likeness (QED) is 0.129. The summed E-state index contributed by atoms with van der Waals surface area (Å²) < 4.78 is 0. The number of hydrogen-bond donors (Lipinski definition) is 0. The lowest BCUT2D eigenvalue weighted by atomic mass is 10.0. The minimum atomic E-state index is 0.988. The van der Waals surface area contributed by atoms with Crippen molar-refractivity contribution in [3.8, 4) is 23.0 Å². The third-order valence-electron chi connectivity index (χ3n) is 10.9. The number of para-hydroxylation sites is 1. The van der Waals surface area contributed by atoms with Gasteiger partial charge in [-0.05, 0) is 125 Å². The third kappa shape index (κ3) is 7.72. The van der Waals surface area contributed by atoms with Crippen molar-refractivity contribution < 1.29 is 0 Å². The van der Waals surface area contributed by atoms with Gasteiger partial charge in [0.15, 0.2) is 0 Å².